The van der Waals surface area contributed by atoms with E-state index in [1.807, 2.05) is 0 Å². The van der Waals surface area contributed by atoms with E-state index in [9.17, 15) is 5.11 Å². The maximum atomic E-state index is 11.3. The third-order valence-electron chi connectivity index (χ3n) is 8.61. The summed E-state index contributed by atoms with van der Waals surface area (Å²) in [5.74, 6) is 4.04. The molecule has 0 spiro atoms. The van der Waals surface area contributed by atoms with Gasteiger partial charge in [0.2, 0.25) is 0 Å². The molecule has 1 heteroatoms. The van der Waals surface area contributed by atoms with Crippen molar-refractivity contribution in [1.29, 1.82) is 0 Å². The van der Waals surface area contributed by atoms with Crippen LogP contribution in [0.1, 0.15) is 79.1 Å². The SMILES string of the molecule is C[C@H]1CC[C@@H]2[C@@H]3[C@H]1CC[C@]1(C)CCC[C@](C)(C[C@]2(C)O)[C@@H]31. The highest BCUT2D eigenvalue weighted by molar-refractivity contribution is 5.14. The monoisotopic (exact) mass is 290 g/mol. The first-order valence-corrected chi connectivity index (χ1v) is 9.49. The van der Waals surface area contributed by atoms with Crippen molar-refractivity contribution < 1.29 is 5.11 Å². The van der Waals surface area contributed by atoms with Crippen LogP contribution in [-0.2, 0) is 0 Å². The molecule has 0 heterocycles. The van der Waals surface area contributed by atoms with E-state index in [0.717, 1.165) is 30.1 Å². The van der Waals surface area contributed by atoms with Crippen LogP contribution in [0.4, 0.5) is 0 Å². The first-order chi connectivity index (χ1) is 9.77. The van der Waals surface area contributed by atoms with Gasteiger partial charge in [0.15, 0.2) is 0 Å². The van der Waals surface area contributed by atoms with Crippen molar-refractivity contribution in [2.24, 2.45) is 40.4 Å². The zero-order chi connectivity index (χ0) is 15.0. The highest BCUT2D eigenvalue weighted by Gasteiger charge is 2.65. The van der Waals surface area contributed by atoms with Gasteiger partial charge in [-0.05, 0) is 85.9 Å². The van der Waals surface area contributed by atoms with Gasteiger partial charge >= 0.3 is 0 Å². The van der Waals surface area contributed by atoms with Gasteiger partial charge in [-0.2, -0.15) is 0 Å². The topological polar surface area (TPSA) is 20.2 Å². The molecule has 0 aromatic carbocycles. The number of hydrogen-bond acceptors (Lipinski definition) is 1. The molecule has 4 aliphatic carbocycles. The van der Waals surface area contributed by atoms with Gasteiger partial charge in [-0.15, -0.1) is 0 Å². The lowest BCUT2D eigenvalue weighted by atomic mass is 9.36. The highest BCUT2D eigenvalue weighted by atomic mass is 16.3. The van der Waals surface area contributed by atoms with Crippen molar-refractivity contribution >= 4 is 0 Å². The summed E-state index contributed by atoms with van der Waals surface area (Å²) in [5.41, 5.74) is 0.553. The predicted molar refractivity (Wildman–Crippen MR) is 86.9 cm³/mol. The lowest BCUT2D eigenvalue weighted by Crippen LogP contribution is -2.65. The molecule has 0 amide bonds. The summed E-state index contributed by atoms with van der Waals surface area (Å²) in [4.78, 5) is 0. The summed E-state index contributed by atoms with van der Waals surface area (Å²) < 4.78 is 0. The summed E-state index contributed by atoms with van der Waals surface area (Å²) in [6, 6.07) is 0. The Balaban J connectivity index is 1.83. The van der Waals surface area contributed by atoms with Crippen molar-refractivity contribution in [3.05, 3.63) is 0 Å². The number of aliphatic hydroxyl groups is 1. The summed E-state index contributed by atoms with van der Waals surface area (Å²) in [6.07, 6.45) is 10.8. The minimum Gasteiger partial charge on any atom is -0.390 e. The highest BCUT2D eigenvalue weighted by Crippen LogP contribution is 2.70. The molecule has 4 rings (SSSR count). The lowest BCUT2D eigenvalue weighted by molar-refractivity contribution is -0.235. The van der Waals surface area contributed by atoms with Gasteiger partial charge in [-0.25, -0.2) is 0 Å². The van der Waals surface area contributed by atoms with Gasteiger partial charge in [-0.1, -0.05) is 33.6 Å². The molecule has 0 aromatic heterocycles. The van der Waals surface area contributed by atoms with Crippen molar-refractivity contribution in [2.75, 3.05) is 0 Å². The van der Waals surface area contributed by atoms with Crippen LogP contribution in [0.5, 0.6) is 0 Å². The average molecular weight is 290 g/mol. The second-order valence-electron chi connectivity index (χ2n) is 10.1. The van der Waals surface area contributed by atoms with E-state index in [4.69, 9.17) is 0 Å². The van der Waals surface area contributed by atoms with Crippen LogP contribution < -0.4 is 0 Å². The van der Waals surface area contributed by atoms with E-state index in [1.54, 1.807) is 0 Å². The van der Waals surface area contributed by atoms with Crippen LogP contribution in [0, 0.1) is 40.4 Å². The molecule has 4 aliphatic rings. The molecule has 120 valence electrons. The molecule has 0 aromatic rings. The maximum Gasteiger partial charge on any atom is 0.0655 e. The van der Waals surface area contributed by atoms with Gasteiger partial charge in [-0.3, -0.25) is 0 Å². The molecule has 0 unspecified atom stereocenters. The molecule has 0 bridgehead atoms. The van der Waals surface area contributed by atoms with E-state index in [-0.39, 0.29) is 0 Å². The predicted octanol–water partition coefficient (Wildman–Crippen LogP) is 5.03. The lowest BCUT2D eigenvalue weighted by Gasteiger charge is -2.69. The van der Waals surface area contributed by atoms with Gasteiger partial charge in [0, 0.05) is 0 Å². The molecule has 4 fully saturated rings. The van der Waals surface area contributed by atoms with Gasteiger partial charge in [0.1, 0.15) is 0 Å². The van der Waals surface area contributed by atoms with E-state index in [0.29, 0.717) is 16.7 Å². The van der Waals surface area contributed by atoms with E-state index in [1.165, 1.54) is 44.9 Å². The second-order valence-corrected chi connectivity index (χ2v) is 10.1. The Morgan fingerprint density at radius 1 is 0.905 bits per heavy atom. The van der Waals surface area contributed by atoms with Gasteiger partial charge in [0.25, 0.3) is 0 Å². The Bertz CT molecular complexity index is 441. The fraction of sp³-hybridized carbons (Fsp3) is 1.00. The summed E-state index contributed by atoms with van der Waals surface area (Å²) in [7, 11) is 0. The van der Waals surface area contributed by atoms with E-state index >= 15 is 0 Å². The molecule has 1 N–H and O–H groups in total. The van der Waals surface area contributed by atoms with Crippen LogP contribution in [0.3, 0.4) is 0 Å². The van der Waals surface area contributed by atoms with Crippen LogP contribution in [0.2, 0.25) is 0 Å². The third kappa shape index (κ3) is 1.85. The second kappa shape index (κ2) is 4.28. The molecular formula is C20H34O. The fourth-order valence-electron chi connectivity index (χ4n) is 8.11. The van der Waals surface area contributed by atoms with Crippen LogP contribution in [0.25, 0.3) is 0 Å². The molecule has 0 aliphatic heterocycles. The van der Waals surface area contributed by atoms with Crippen molar-refractivity contribution in [3.63, 3.8) is 0 Å². The number of rotatable bonds is 0. The molecule has 1 nitrogen and oxygen atoms in total. The third-order valence-corrected chi connectivity index (χ3v) is 8.61. The zero-order valence-corrected chi connectivity index (χ0v) is 14.5. The summed E-state index contributed by atoms with van der Waals surface area (Å²) >= 11 is 0. The fourth-order valence-corrected chi connectivity index (χ4v) is 8.11. The van der Waals surface area contributed by atoms with Gasteiger partial charge < -0.3 is 5.11 Å². The van der Waals surface area contributed by atoms with E-state index < -0.39 is 5.60 Å². The van der Waals surface area contributed by atoms with Crippen LogP contribution in [0.15, 0.2) is 0 Å². The van der Waals surface area contributed by atoms with Gasteiger partial charge in [0.05, 0.1) is 5.60 Å². The standard InChI is InChI=1S/C20H34O/c1-13-6-7-15-16-14(13)8-11-18(2)9-5-10-19(3,17(16)18)12-20(15,4)21/h13-17,21H,5-12H2,1-4H3/t13-,14-,15+,16-,17-,18-,19+,20-/m0/s1. The molecular weight excluding hydrogens is 256 g/mol. The Labute approximate surface area is 130 Å². The molecule has 0 radical (unpaired) electrons. The molecule has 8 atom stereocenters. The normalized spacial score (nSPS) is 63.0. The smallest absolute Gasteiger partial charge is 0.0655 e. The van der Waals surface area contributed by atoms with Crippen molar-refractivity contribution in [2.45, 2.75) is 84.7 Å². The summed E-state index contributed by atoms with van der Waals surface area (Å²) in [5, 5.41) is 11.3. The Kier molecular flexibility index (Phi) is 2.96. The first-order valence-electron chi connectivity index (χ1n) is 9.49. The molecule has 4 saturated carbocycles. The Morgan fingerprint density at radius 2 is 1.62 bits per heavy atom. The molecule has 21 heavy (non-hydrogen) atoms. The Morgan fingerprint density at radius 3 is 2.38 bits per heavy atom. The van der Waals surface area contributed by atoms with Crippen LogP contribution >= 0.6 is 0 Å². The largest absolute Gasteiger partial charge is 0.390 e. The minimum atomic E-state index is -0.413. The average Bonchev–Trinajstić information content (AvgIpc) is 2.35. The Hall–Kier alpha value is -0.0400. The minimum absolute atomic E-state index is 0.396. The van der Waals surface area contributed by atoms with Crippen molar-refractivity contribution in [3.8, 4) is 0 Å². The number of hydrogen-bond donors (Lipinski definition) is 1. The first kappa shape index (κ1) is 14.5. The quantitative estimate of drug-likeness (QED) is 0.663. The molecule has 0 saturated heterocycles. The van der Waals surface area contributed by atoms with E-state index in [2.05, 4.69) is 27.7 Å². The van der Waals surface area contributed by atoms with Crippen LogP contribution in [-0.4, -0.2) is 10.7 Å². The van der Waals surface area contributed by atoms with Crippen molar-refractivity contribution in [1.82, 2.24) is 0 Å². The zero-order valence-electron chi connectivity index (χ0n) is 14.5. The maximum absolute atomic E-state index is 11.3. The summed E-state index contributed by atoms with van der Waals surface area (Å²) in [6.45, 7) is 9.79.